The summed E-state index contributed by atoms with van der Waals surface area (Å²) in [5.41, 5.74) is 0.786. The lowest BCUT2D eigenvalue weighted by molar-refractivity contribution is -0.142. The molecule has 5 nitrogen and oxygen atoms in total. The number of carbonyl (C=O) groups is 2. The molecule has 0 aromatic heterocycles. The molecule has 21 heavy (non-hydrogen) atoms. The zero-order valence-electron chi connectivity index (χ0n) is 11.8. The molecule has 1 atom stereocenters. The van der Waals surface area contributed by atoms with Gasteiger partial charge in [-0.3, -0.25) is 9.59 Å². The highest BCUT2D eigenvalue weighted by Crippen LogP contribution is 2.43. The molecule has 1 aliphatic carbocycles. The molecule has 1 aromatic carbocycles. The Balaban J connectivity index is 1.55. The highest BCUT2D eigenvalue weighted by Gasteiger charge is 2.40. The molecule has 1 aliphatic heterocycles. The maximum absolute atomic E-state index is 12.2. The molecule has 1 aromatic rings. The first-order valence-corrected chi connectivity index (χ1v) is 7.32. The Morgan fingerprint density at radius 2 is 2.10 bits per heavy atom. The fourth-order valence-electron chi connectivity index (χ4n) is 3.13. The highest BCUT2D eigenvalue weighted by atomic mass is 16.5. The second kappa shape index (κ2) is 5.39. The van der Waals surface area contributed by atoms with Crippen molar-refractivity contribution in [1.29, 1.82) is 0 Å². The monoisotopic (exact) mass is 289 g/mol. The quantitative estimate of drug-likeness (QED) is 0.866. The van der Waals surface area contributed by atoms with Gasteiger partial charge in [-0.15, -0.1) is 0 Å². The van der Waals surface area contributed by atoms with Crippen molar-refractivity contribution >= 4 is 11.9 Å². The fraction of sp³-hybridized carbons (Fsp3) is 0.500. The van der Waals surface area contributed by atoms with Crippen molar-refractivity contribution in [3.05, 3.63) is 29.8 Å². The fourth-order valence-corrected chi connectivity index (χ4v) is 3.13. The molecule has 3 rings (SSSR count). The van der Waals surface area contributed by atoms with Gasteiger partial charge in [-0.2, -0.15) is 0 Å². The molecule has 112 valence electrons. The first kappa shape index (κ1) is 13.9. The van der Waals surface area contributed by atoms with Crippen molar-refractivity contribution in [3.63, 3.8) is 0 Å². The van der Waals surface area contributed by atoms with E-state index in [1.54, 1.807) is 0 Å². The van der Waals surface area contributed by atoms with Crippen LogP contribution in [0.25, 0.3) is 0 Å². The third-order valence-electron chi connectivity index (χ3n) is 4.52. The van der Waals surface area contributed by atoms with Crippen LogP contribution >= 0.6 is 0 Å². The average molecular weight is 289 g/mol. The van der Waals surface area contributed by atoms with Crippen LogP contribution in [0.3, 0.4) is 0 Å². The van der Waals surface area contributed by atoms with Crippen LogP contribution in [0.1, 0.15) is 31.2 Å². The van der Waals surface area contributed by atoms with E-state index in [2.05, 4.69) is 5.32 Å². The number of para-hydroxylation sites is 1. The van der Waals surface area contributed by atoms with Gasteiger partial charge in [-0.1, -0.05) is 24.6 Å². The van der Waals surface area contributed by atoms with Crippen LogP contribution in [-0.4, -0.2) is 29.6 Å². The second-order valence-corrected chi connectivity index (χ2v) is 6.06. The number of ether oxygens (including phenoxy) is 1. The largest absolute Gasteiger partial charge is 0.481 e. The van der Waals surface area contributed by atoms with E-state index in [1.807, 2.05) is 24.3 Å². The maximum Gasteiger partial charge on any atom is 0.303 e. The molecule has 0 saturated heterocycles. The minimum atomic E-state index is -0.798. The van der Waals surface area contributed by atoms with Crippen LogP contribution < -0.4 is 10.1 Å². The van der Waals surface area contributed by atoms with Gasteiger partial charge in [0, 0.05) is 13.0 Å². The van der Waals surface area contributed by atoms with Crippen molar-refractivity contribution in [3.8, 4) is 5.75 Å². The smallest absolute Gasteiger partial charge is 0.303 e. The van der Waals surface area contributed by atoms with E-state index in [-0.39, 0.29) is 17.7 Å². The van der Waals surface area contributed by atoms with E-state index in [0.29, 0.717) is 13.0 Å². The summed E-state index contributed by atoms with van der Waals surface area (Å²) in [4.78, 5) is 23.1. The Morgan fingerprint density at radius 1 is 1.33 bits per heavy atom. The number of amides is 1. The second-order valence-electron chi connectivity index (χ2n) is 6.06. The number of aliphatic carboxylic acids is 1. The van der Waals surface area contributed by atoms with E-state index in [4.69, 9.17) is 9.84 Å². The lowest BCUT2D eigenvalue weighted by Crippen LogP contribution is -2.47. The normalized spacial score (nSPS) is 21.8. The van der Waals surface area contributed by atoms with Gasteiger partial charge in [0.05, 0.1) is 6.42 Å². The van der Waals surface area contributed by atoms with E-state index < -0.39 is 12.1 Å². The number of fused-ring (bicyclic) bond motifs is 1. The molecular weight excluding hydrogens is 270 g/mol. The maximum atomic E-state index is 12.2. The number of hydrogen-bond acceptors (Lipinski definition) is 3. The molecule has 1 heterocycles. The minimum Gasteiger partial charge on any atom is -0.481 e. The number of rotatable bonds is 5. The number of benzene rings is 1. The van der Waals surface area contributed by atoms with Crippen molar-refractivity contribution in [1.82, 2.24) is 5.32 Å². The number of hydrogen-bond donors (Lipinski definition) is 2. The molecule has 0 radical (unpaired) electrons. The number of carboxylic acid groups (broad SMARTS) is 1. The standard InChI is InChI=1S/C16H19NO4/c18-14(19)9-16(6-3-7-16)10-17-15(20)13-8-11-4-1-2-5-12(11)21-13/h1-2,4-5,13H,3,6-10H2,(H,17,20)(H,18,19). The Kier molecular flexibility index (Phi) is 3.57. The lowest BCUT2D eigenvalue weighted by Gasteiger charge is -2.41. The van der Waals surface area contributed by atoms with Gasteiger partial charge in [-0.05, 0) is 29.9 Å². The molecular formula is C16H19NO4. The summed E-state index contributed by atoms with van der Waals surface area (Å²) in [6.07, 6.45) is 2.97. The minimum absolute atomic E-state index is 0.124. The number of carboxylic acids is 1. The van der Waals surface area contributed by atoms with Gasteiger partial charge in [0.25, 0.3) is 5.91 Å². The first-order chi connectivity index (χ1) is 10.1. The van der Waals surface area contributed by atoms with Crippen LogP contribution in [0.5, 0.6) is 5.75 Å². The summed E-state index contributed by atoms with van der Waals surface area (Å²) in [6, 6.07) is 7.63. The third-order valence-corrected chi connectivity index (χ3v) is 4.52. The van der Waals surface area contributed by atoms with Crippen LogP contribution in [-0.2, 0) is 16.0 Å². The lowest BCUT2D eigenvalue weighted by atomic mass is 9.66. The highest BCUT2D eigenvalue weighted by molar-refractivity contribution is 5.82. The molecule has 1 amide bonds. The Morgan fingerprint density at radius 3 is 2.71 bits per heavy atom. The molecule has 1 fully saturated rings. The van der Waals surface area contributed by atoms with Gasteiger partial charge in [0.1, 0.15) is 5.75 Å². The molecule has 2 aliphatic rings. The molecule has 1 unspecified atom stereocenters. The average Bonchev–Trinajstić information content (AvgIpc) is 2.84. The summed E-state index contributed by atoms with van der Waals surface area (Å²) in [5, 5.41) is 11.9. The van der Waals surface area contributed by atoms with Crippen molar-refractivity contribution in [2.24, 2.45) is 5.41 Å². The number of carbonyl (C=O) groups excluding carboxylic acids is 1. The zero-order chi connectivity index (χ0) is 14.9. The Hall–Kier alpha value is -2.04. The summed E-state index contributed by atoms with van der Waals surface area (Å²) >= 11 is 0. The van der Waals surface area contributed by atoms with Gasteiger partial charge in [-0.25, -0.2) is 0 Å². The van der Waals surface area contributed by atoms with E-state index in [9.17, 15) is 9.59 Å². The van der Waals surface area contributed by atoms with Crippen LogP contribution in [0.2, 0.25) is 0 Å². The van der Waals surface area contributed by atoms with Crippen molar-refractivity contribution in [2.75, 3.05) is 6.54 Å². The van der Waals surface area contributed by atoms with E-state index >= 15 is 0 Å². The summed E-state index contributed by atoms with van der Waals surface area (Å²) < 4.78 is 5.64. The van der Waals surface area contributed by atoms with Gasteiger partial charge in [0.2, 0.25) is 0 Å². The molecule has 0 spiro atoms. The molecule has 2 N–H and O–H groups in total. The molecule has 1 saturated carbocycles. The third kappa shape index (κ3) is 2.86. The predicted octanol–water partition coefficient (Wildman–Crippen LogP) is 1.75. The Labute approximate surface area is 123 Å². The van der Waals surface area contributed by atoms with Gasteiger partial charge < -0.3 is 15.2 Å². The van der Waals surface area contributed by atoms with Crippen LogP contribution in [0, 0.1) is 5.41 Å². The van der Waals surface area contributed by atoms with Crippen LogP contribution in [0.4, 0.5) is 0 Å². The van der Waals surface area contributed by atoms with E-state index in [1.165, 1.54) is 0 Å². The number of nitrogens with one attached hydrogen (secondary N) is 1. The molecule has 0 bridgehead atoms. The van der Waals surface area contributed by atoms with E-state index in [0.717, 1.165) is 30.6 Å². The SMILES string of the molecule is O=C(O)CC1(CNC(=O)C2Cc3ccccc3O2)CCC1. The first-order valence-electron chi connectivity index (χ1n) is 7.32. The predicted molar refractivity (Wildman–Crippen MR) is 76.1 cm³/mol. The van der Waals surface area contributed by atoms with Crippen molar-refractivity contribution < 1.29 is 19.4 Å². The van der Waals surface area contributed by atoms with Crippen molar-refractivity contribution in [2.45, 2.75) is 38.2 Å². The summed E-state index contributed by atoms with van der Waals surface area (Å²) in [7, 11) is 0. The Bertz CT molecular complexity index is 540. The van der Waals surface area contributed by atoms with Gasteiger partial charge in [0.15, 0.2) is 6.10 Å². The zero-order valence-corrected chi connectivity index (χ0v) is 11.8. The van der Waals surface area contributed by atoms with Gasteiger partial charge >= 0.3 is 5.97 Å². The summed E-state index contributed by atoms with van der Waals surface area (Å²) in [5.74, 6) is -0.183. The van der Waals surface area contributed by atoms with Crippen LogP contribution in [0.15, 0.2) is 24.3 Å². The summed E-state index contributed by atoms with van der Waals surface area (Å²) in [6.45, 7) is 0.425. The topological polar surface area (TPSA) is 75.6 Å². The molecule has 5 heteroatoms.